The van der Waals surface area contributed by atoms with E-state index in [2.05, 4.69) is 25.6 Å². The van der Waals surface area contributed by atoms with E-state index in [1.54, 1.807) is 0 Å². The van der Waals surface area contributed by atoms with Crippen LogP contribution in [-0.2, 0) is 21.1 Å². The summed E-state index contributed by atoms with van der Waals surface area (Å²) in [6.07, 6.45) is 2.11. The molecule has 0 aliphatic rings. The van der Waals surface area contributed by atoms with Crippen LogP contribution < -0.4 is 5.32 Å². The summed E-state index contributed by atoms with van der Waals surface area (Å²) in [5, 5.41) is 3.23. The van der Waals surface area contributed by atoms with Crippen LogP contribution in [0.1, 0.15) is 20.8 Å². The third-order valence-electron chi connectivity index (χ3n) is 1.05. The molecule has 9 heavy (non-hydrogen) atoms. The molecule has 2 unspecified atom stereocenters. The van der Waals surface area contributed by atoms with Crippen molar-refractivity contribution in [1.29, 1.82) is 0 Å². The predicted octanol–water partition coefficient (Wildman–Crippen LogP) is 1.41. The van der Waals surface area contributed by atoms with Crippen molar-refractivity contribution in [1.82, 2.24) is 5.32 Å². The summed E-state index contributed by atoms with van der Waals surface area (Å²) in [4.78, 5) is 0. The van der Waals surface area contributed by atoms with E-state index in [4.69, 9.17) is 0 Å². The van der Waals surface area contributed by atoms with E-state index in [9.17, 15) is 0 Å². The first-order valence-corrected chi connectivity index (χ1v) is 3.05. The second-order valence-corrected chi connectivity index (χ2v) is 2.19. The van der Waals surface area contributed by atoms with Crippen molar-refractivity contribution in [3.05, 3.63) is 13.3 Å². The Labute approximate surface area is 72.9 Å². The van der Waals surface area contributed by atoms with Crippen LogP contribution in [0.2, 0.25) is 0 Å². The molecule has 54 valence electrons. The monoisotopic (exact) mass is 297 g/mol. The Balaban J connectivity index is 0. The number of hydrogen-bond acceptors (Lipinski definition) is 1. The molecule has 2 heteroatoms. The molecular weight excluding hydrogens is 282 g/mol. The largest absolute Gasteiger partial charge is 2.00 e. The molecule has 0 aromatic carbocycles. The Morgan fingerprint density at radius 3 is 2.00 bits per heavy atom. The molecule has 0 aliphatic carbocycles. The summed E-state index contributed by atoms with van der Waals surface area (Å²) >= 11 is 0. The molecule has 0 heterocycles. The van der Waals surface area contributed by atoms with Crippen LogP contribution in [0.15, 0.2) is 0 Å². The van der Waals surface area contributed by atoms with E-state index in [1.165, 1.54) is 0 Å². The Kier molecular flexibility index (Phi) is 9.27. The molecule has 0 radical (unpaired) electrons. The molecule has 0 aliphatic heterocycles. The van der Waals surface area contributed by atoms with Gasteiger partial charge in [-0.25, -0.2) is 0 Å². The maximum Gasteiger partial charge on any atom is 2.00 e. The van der Waals surface area contributed by atoms with E-state index in [0.717, 1.165) is 0 Å². The van der Waals surface area contributed by atoms with Crippen molar-refractivity contribution in [2.45, 2.75) is 32.9 Å². The van der Waals surface area contributed by atoms with E-state index < -0.39 is 0 Å². The fraction of sp³-hybridized carbons (Fsp3) is 0.714. The van der Waals surface area contributed by atoms with Gasteiger partial charge in [0.25, 0.3) is 0 Å². The first kappa shape index (κ1) is 12.3. The summed E-state index contributed by atoms with van der Waals surface area (Å²) in [5.74, 6) is 0. The normalized spacial score (nSPS) is 16.0. The van der Waals surface area contributed by atoms with Gasteiger partial charge in [-0.15, -0.1) is 12.1 Å². The van der Waals surface area contributed by atoms with E-state index in [1.807, 2.05) is 13.8 Å². The number of nitrogens with one attached hydrogen (secondary N) is 1. The minimum absolute atomic E-state index is 0. The minimum Gasteiger partial charge on any atom is -0.371 e. The second-order valence-electron chi connectivity index (χ2n) is 2.19. The van der Waals surface area contributed by atoms with Gasteiger partial charge < -0.3 is 18.7 Å². The van der Waals surface area contributed by atoms with Crippen LogP contribution in [0.3, 0.4) is 0 Å². The molecule has 1 N–H and O–H groups in total. The maximum atomic E-state index is 3.80. The first-order chi connectivity index (χ1) is 3.66. The van der Waals surface area contributed by atoms with Gasteiger partial charge in [-0.1, -0.05) is 13.8 Å². The third kappa shape index (κ3) is 8.65. The Bertz CT molecular complexity index is 54.9. The molecule has 0 amide bonds. The summed E-state index contributed by atoms with van der Waals surface area (Å²) in [5.41, 5.74) is 0. The van der Waals surface area contributed by atoms with E-state index >= 15 is 0 Å². The van der Waals surface area contributed by atoms with Crippen molar-refractivity contribution >= 4 is 0 Å². The molecule has 0 aromatic rings. The first-order valence-electron chi connectivity index (χ1n) is 3.05. The van der Waals surface area contributed by atoms with Gasteiger partial charge in [-0.2, -0.15) is 6.92 Å². The molecule has 0 bridgehead atoms. The van der Waals surface area contributed by atoms with Crippen LogP contribution in [0.25, 0.3) is 0 Å². The zero-order valence-electron chi connectivity index (χ0n) is 6.35. The molecule has 1 nitrogen and oxygen atoms in total. The van der Waals surface area contributed by atoms with Gasteiger partial charge in [0.2, 0.25) is 0 Å². The molecule has 0 fully saturated rings. The van der Waals surface area contributed by atoms with Crippen molar-refractivity contribution in [2.75, 3.05) is 0 Å². The fourth-order valence-electron chi connectivity index (χ4n) is 0.545. The van der Waals surface area contributed by atoms with Crippen LogP contribution in [0.5, 0.6) is 0 Å². The topological polar surface area (TPSA) is 12.0 Å². The van der Waals surface area contributed by atoms with Gasteiger partial charge in [0.15, 0.2) is 0 Å². The zero-order valence-corrected chi connectivity index (χ0v) is 9.28. The van der Waals surface area contributed by atoms with Gasteiger partial charge >= 0.3 is 21.1 Å². The van der Waals surface area contributed by atoms with Crippen molar-refractivity contribution < 1.29 is 21.1 Å². The Hall–Kier alpha value is 0.648. The second kappa shape index (κ2) is 6.76. The zero-order chi connectivity index (χ0) is 6.57. The standard InChI is InChI=1S/C7H15N.W/c1-5-7(4)8-6(2)3;/h5-8H,2H2,1,3-4H3;/q-2;+2. The molecule has 0 spiro atoms. The van der Waals surface area contributed by atoms with Crippen LogP contribution in [0.4, 0.5) is 0 Å². The summed E-state index contributed by atoms with van der Waals surface area (Å²) in [7, 11) is 0. The molecule has 2 atom stereocenters. The van der Waals surface area contributed by atoms with Crippen molar-refractivity contribution in [3.8, 4) is 0 Å². The quantitative estimate of drug-likeness (QED) is 0.777. The van der Waals surface area contributed by atoms with Gasteiger partial charge in [-0.05, 0) is 0 Å². The number of rotatable bonds is 3. The van der Waals surface area contributed by atoms with E-state index in [0.29, 0.717) is 12.1 Å². The van der Waals surface area contributed by atoms with E-state index in [-0.39, 0.29) is 21.1 Å². The summed E-state index contributed by atoms with van der Waals surface area (Å²) < 4.78 is 0. The van der Waals surface area contributed by atoms with Crippen molar-refractivity contribution in [3.63, 3.8) is 0 Å². The average molecular weight is 297 g/mol. The van der Waals surface area contributed by atoms with Gasteiger partial charge in [0, 0.05) is 0 Å². The molecule has 0 aromatic heterocycles. The average Bonchev–Trinajstić information content (AvgIpc) is 1.65. The van der Waals surface area contributed by atoms with Crippen molar-refractivity contribution in [2.24, 2.45) is 0 Å². The van der Waals surface area contributed by atoms with Crippen LogP contribution in [0, 0.1) is 13.3 Å². The molecule has 0 saturated heterocycles. The summed E-state index contributed by atoms with van der Waals surface area (Å²) in [6.45, 7) is 9.99. The van der Waals surface area contributed by atoms with Gasteiger partial charge in [0.05, 0.1) is 0 Å². The number of hydrogen-bond donors (Lipinski definition) is 1. The van der Waals surface area contributed by atoms with Gasteiger partial charge in [-0.3, -0.25) is 0 Å². The van der Waals surface area contributed by atoms with Gasteiger partial charge in [0.1, 0.15) is 0 Å². The maximum absolute atomic E-state index is 3.80. The molecular formula is C7H15NW. The smallest absolute Gasteiger partial charge is 0.371 e. The summed E-state index contributed by atoms with van der Waals surface area (Å²) in [6, 6.07) is 0.837. The molecule has 0 rings (SSSR count). The fourth-order valence-corrected chi connectivity index (χ4v) is 0.545. The minimum atomic E-state index is 0. The third-order valence-corrected chi connectivity index (χ3v) is 1.05. The van der Waals surface area contributed by atoms with Crippen LogP contribution in [-0.4, -0.2) is 12.1 Å². The van der Waals surface area contributed by atoms with Crippen LogP contribution >= 0.6 is 0 Å². The SMILES string of the molecule is [CH2-]C(C)NC(C)[CH-]C.[W+2]. The molecule has 0 saturated carbocycles. The predicted molar refractivity (Wildman–Crippen MR) is 37.4 cm³/mol. The Morgan fingerprint density at radius 1 is 1.44 bits per heavy atom. The Morgan fingerprint density at radius 2 is 1.89 bits per heavy atom.